The van der Waals surface area contributed by atoms with Crippen LogP contribution < -0.4 is 10.1 Å². The van der Waals surface area contributed by atoms with Crippen molar-refractivity contribution in [3.8, 4) is 18.1 Å². The lowest BCUT2D eigenvalue weighted by Crippen LogP contribution is -2.20. The van der Waals surface area contributed by atoms with Crippen molar-refractivity contribution in [3.05, 3.63) is 23.5 Å². The van der Waals surface area contributed by atoms with Gasteiger partial charge in [0.2, 0.25) is 0 Å². The van der Waals surface area contributed by atoms with E-state index in [0.29, 0.717) is 26.2 Å². The number of hydrogen-bond donors (Lipinski definition) is 1. The lowest BCUT2D eigenvalue weighted by atomic mass is 10.3. The maximum absolute atomic E-state index is 5.61. The van der Waals surface area contributed by atoms with Crippen LogP contribution in [0, 0.1) is 19.3 Å². The summed E-state index contributed by atoms with van der Waals surface area (Å²) in [4.78, 5) is 4.47. The first kappa shape index (κ1) is 14.5. The van der Waals surface area contributed by atoms with Crippen molar-refractivity contribution >= 4 is 0 Å². The number of rotatable bonds is 8. The topological polar surface area (TPSA) is 43.4 Å². The van der Waals surface area contributed by atoms with Crippen molar-refractivity contribution in [2.75, 3.05) is 26.9 Å². The van der Waals surface area contributed by atoms with E-state index in [0.717, 1.165) is 23.7 Å². The van der Waals surface area contributed by atoms with Gasteiger partial charge in [0.05, 0.1) is 18.9 Å². The second kappa shape index (κ2) is 8.51. The fourth-order valence-corrected chi connectivity index (χ4v) is 1.46. The first-order chi connectivity index (χ1) is 8.77. The molecule has 0 bridgehead atoms. The van der Waals surface area contributed by atoms with Crippen molar-refractivity contribution < 1.29 is 9.47 Å². The van der Waals surface area contributed by atoms with E-state index in [4.69, 9.17) is 15.9 Å². The van der Waals surface area contributed by atoms with E-state index >= 15 is 0 Å². The Kier molecular flexibility index (Phi) is 6.85. The zero-order valence-corrected chi connectivity index (χ0v) is 11.0. The summed E-state index contributed by atoms with van der Waals surface area (Å²) in [6, 6.07) is 3.87. The van der Waals surface area contributed by atoms with Gasteiger partial charge >= 0.3 is 0 Å². The fourth-order valence-electron chi connectivity index (χ4n) is 1.46. The molecule has 0 atom stereocenters. The van der Waals surface area contributed by atoms with Gasteiger partial charge in [-0.1, -0.05) is 0 Å². The van der Waals surface area contributed by atoms with Gasteiger partial charge in [-0.05, 0) is 19.1 Å². The summed E-state index contributed by atoms with van der Waals surface area (Å²) in [7, 11) is 1.68. The molecule has 0 amide bonds. The van der Waals surface area contributed by atoms with Crippen LogP contribution in [0.2, 0.25) is 0 Å². The molecule has 98 valence electrons. The SMILES string of the molecule is C#CCCOc1ccc(C)nc1CNCCOC. The molecule has 1 rings (SSSR count). The first-order valence-corrected chi connectivity index (χ1v) is 6.00. The Labute approximate surface area is 109 Å². The lowest BCUT2D eigenvalue weighted by Gasteiger charge is -2.11. The van der Waals surface area contributed by atoms with E-state index in [2.05, 4.69) is 16.2 Å². The number of methoxy groups -OCH3 is 1. The van der Waals surface area contributed by atoms with E-state index < -0.39 is 0 Å². The standard InChI is InChI=1S/C14H20N2O2/c1-4-5-9-18-14-7-6-12(2)16-13(14)11-15-8-10-17-3/h1,6-7,15H,5,8-11H2,2-3H3. The van der Waals surface area contributed by atoms with Gasteiger partial charge in [0.1, 0.15) is 5.75 Å². The average molecular weight is 248 g/mol. The van der Waals surface area contributed by atoms with Crippen LogP contribution in [0.5, 0.6) is 5.75 Å². The van der Waals surface area contributed by atoms with Gasteiger partial charge < -0.3 is 14.8 Å². The molecule has 4 heteroatoms. The van der Waals surface area contributed by atoms with E-state index in [1.54, 1.807) is 7.11 Å². The fraction of sp³-hybridized carbons (Fsp3) is 0.500. The molecule has 0 spiro atoms. The molecule has 4 nitrogen and oxygen atoms in total. The highest BCUT2D eigenvalue weighted by Crippen LogP contribution is 2.16. The maximum atomic E-state index is 5.61. The van der Waals surface area contributed by atoms with Gasteiger partial charge in [-0.3, -0.25) is 4.98 Å². The zero-order valence-electron chi connectivity index (χ0n) is 11.0. The third-order valence-electron chi connectivity index (χ3n) is 2.35. The molecule has 0 saturated carbocycles. The Bertz CT molecular complexity index is 399. The molecule has 18 heavy (non-hydrogen) atoms. The highest BCUT2D eigenvalue weighted by molar-refractivity contribution is 5.29. The lowest BCUT2D eigenvalue weighted by molar-refractivity contribution is 0.199. The third-order valence-corrected chi connectivity index (χ3v) is 2.35. The van der Waals surface area contributed by atoms with Crippen LogP contribution in [0.15, 0.2) is 12.1 Å². The molecule has 1 aromatic heterocycles. The molecule has 0 saturated heterocycles. The summed E-state index contributed by atoms with van der Waals surface area (Å²) in [5.74, 6) is 3.34. The largest absolute Gasteiger partial charge is 0.491 e. The van der Waals surface area contributed by atoms with Crippen molar-refractivity contribution in [2.24, 2.45) is 0 Å². The number of aryl methyl sites for hydroxylation is 1. The molecule has 1 N–H and O–H groups in total. The molecule has 1 aromatic rings. The summed E-state index contributed by atoms with van der Waals surface area (Å²) in [6.07, 6.45) is 5.80. The Morgan fingerprint density at radius 3 is 2.94 bits per heavy atom. The molecule has 0 aliphatic heterocycles. The van der Waals surface area contributed by atoms with Gasteiger partial charge in [-0.15, -0.1) is 12.3 Å². The predicted octanol–water partition coefficient (Wildman–Crippen LogP) is 1.53. The molecule has 0 fully saturated rings. The number of ether oxygens (including phenoxy) is 2. The molecule has 0 radical (unpaired) electrons. The Morgan fingerprint density at radius 1 is 1.39 bits per heavy atom. The second-order valence-electron chi connectivity index (χ2n) is 3.87. The monoisotopic (exact) mass is 248 g/mol. The van der Waals surface area contributed by atoms with E-state index in [-0.39, 0.29) is 0 Å². The molecular weight excluding hydrogens is 228 g/mol. The third kappa shape index (κ3) is 5.17. The van der Waals surface area contributed by atoms with Gasteiger partial charge in [0, 0.05) is 32.3 Å². The minimum atomic E-state index is 0.520. The summed E-state index contributed by atoms with van der Waals surface area (Å²) >= 11 is 0. The highest BCUT2D eigenvalue weighted by atomic mass is 16.5. The van der Waals surface area contributed by atoms with Crippen LogP contribution in [0.25, 0.3) is 0 Å². The summed E-state index contributed by atoms with van der Waals surface area (Å²) in [5.41, 5.74) is 1.88. The van der Waals surface area contributed by atoms with Gasteiger partial charge in [0.15, 0.2) is 0 Å². The van der Waals surface area contributed by atoms with Crippen molar-refractivity contribution in [2.45, 2.75) is 19.9 Å². The van der Waals surface area contributed by atoms with Crippen LogP contribution in [0.3, 0.4) is 0 Å². The molecule has 0 aliphatic rings. The van der Waals surface area contributed by atoms with Crippen LogP contribution in [-0.4, -0.2) is 31.9 Å². The quantitative estimate of drug-likeness (QED) is 0.559. The molecular formula is C14H20N2O2. The maximum Gasteiger partial charge on any atom is 0.142 e. The minimum absolute atomic E-state index is 0.520. The van der Waals surface area contributed by atoms with Gasteiger partial charge in [-0.2, -0.15) is 0 Å². The molecule has 0 aliphatic carbocycles. The van der Waals surface area contributed by atoms with Crippen LogP contribution in [-0.2, 0) is 11.3 Å². The second-order valence-corrected chi connectivity index (χ2v) is 3.87. The number of nitrogens with zero attached hydrogens (tertiary/aromatic N) is 1. The van der Waals surface area contributed by atoms with Crippen molar-refractivity contribution in [1.29, 1.82) is 0 Å². The Morgan fingerprint density at radius 2 is 2.22 bits per heavy atom. The molecule has 1 heterocycles. The van der Waals surface area contributed by atoms with Crippen molar-refractivity contribution in [3.63, 3.8) is 0 Å². The van der Waals surface area contributed by atoms with Crippen LogP contribution in [0.4, 0.5) is 0 Å². The molecule has 0 unspecified atom stereocenters. The number of aromatic nitrogens is 1. The number of terminal acetylenes is 1. The first-order valence-electron chi connectivity index (χ1n) is 6.00. The van der Waals surface area contributed by atoms with Crippen molar-refractivity contribution in [1.82, 2.24) is 10.3 Å². The Balaban J connectivity index is 2.56. The number of pyridine rings is 1. The summed E-state index contributed by atoms with van der Waals surface area (Å²) < 4.78 is 10.6. The number of hydrogen-bond acceptors (Lipinski definition) is 4. The molecule has 0 aromatic carbocycles. The normalized spacial score (nSPS) is 10.1. The van der Waals surface area contributed by atoms with Crippen LogP contribution in [0.1, 0.15) is 17.8 Å². The van der Waals surface area contributed by atoms with E-state index in [1.807, 2.05) is 19.1 Å². The zero-order chi connectivity index (χ0) is 13.2. The van der Waals surface area contributed by atoms with Gasteiger partial charge in [-0.25, -0.2) is 0 Å². The van der Waals surface area contributed by atoms with E-state index in [9.17, 15) is 0 Å². The van der Waals surface area contributed by atoms with Crippen LogP contribution >= 0.6 is 0 Å². The predicted molar refractivity (Wildman–Crippen MR) is 71.5 cm³/mol. The summed E-state index contributed by atoms with van der Waals surface area (Å²) in [5, 5.41) is 3.25. The van der Waals surface area contributed by atoms with E-state index in [1.165, 1.54) is 0 Å². The summed E-state index contributed by atoms with van der Waals surface area (Å²) in [6.45, 7) is 4.61. The minimum Gasteiger partial charge on any atom is -0.491 e. The Hall–Kier alpha value is -1.57. The van der Waals surface area contributed by atoms with Gasteiger partial charge in [0.25, 0.3) is 0 Å². The smallest absolute Gasteiger partial charge is 0.142 e. The highest BCUT2D eigenvalue weighted by Gasteiger charge is 2.05. The average Bonchev–Trinajstić information content (AvgIpc) is 2.37. The number of nitrogens with one attached hydrogen (secondary N) is 1.